The number of amides is 1. The van der Waals surface area contributed by atoms with Crippen molar-refractivity contribution in [3.8, 4) is 5.75 Å². The Labute approximate surface area is 127 Å². The SMILES string of the molecule is Nc1nc2ccc(OCCN3CCN(C(=O)O)CC3)cc2[nH]1. The summed E-state index contributed by atoms with van der Waals surface area (Å²) in [6.45, 7) is 3.92. The summed E-state index contributed by atoms with van der Waals surface area (Å²) in [5, 5.41) is 8.90. The van der Waals surface area contributed by atoms with Crippen molar-refractivity contribution >= 4 is 23.1 Å². The third-order valence-electron chi connectivity index (χ3n) is 3.79. The Kier molecular flexibility index (Phi) is 4.01. The monoisotopic (exact) mass is 305 g/mol. The number of nitrogens with two attached hydrogens (primary N) is 1. The van der Waals surface area contributed by atoms with Gasteiger partial charge in [0.15, 0.2) is 5.95 Å². The van der Waals surface area contributed by atoms with Crippen LogP contribution in [0.5, 0.6) is 5.75 Å². The summed E-state index contributed by atoms with van der Waals surface area (Å²) in [4.78, 5) is 21.6. The average Bonchev–Trinajstić information content (AvgIpc) is 2.87. The molecule has 2 heterocycles. The van der Waals surface area contributed by atoms with Crippen LogP contribution in [0.25, 0.3) is 11.0 Å². The minimum atomic E-state index is -0.844. The second-order valence-corrected chi connectivity index (χ2v) is 5.26. The highest BCUT2D eigenvalue weighted by Gasteiger charge is 2.19. The first kappa shape index (κ1) is 14.5. The number of imidazole rings is 1. The molecule has 1 aliphatic rings. The Balaban J connectivity index is 1.47. The molecule has 2 aromatic rings. The molecule has 0 saturated carbocycles. The summed E-state index contributed by atoms with van der Waals surface area (Å²) in [6.07, 6.45) is -0.844. The van der Waals surface area contributed by atoms with Crippen LogP contribution in [0.2, 0.25) is 0 Å². The van der Waals surface area contributed by atoms with Crippen LogP contribution in [0.4, 0.5) is 10.7 Å². The van der Waals surface area contributed by atoms with Crippen LogP contribution >= 0.6 is 0 Å². The number of ether oxygens (including phenoxy) is 1. The van der Waals surface area contributed by atoms with Gasteiger partial charge in [-0.15, -0.1) is 0 Å². The summed E-state index contributed by atoms with van der Waals surface area (Å²) >= 11 is 0. The van der Waals surface area contributed by atoms with Crippen molar-refractivity contribution in [1.82, 2.24) is 19.8 Å². The van der Waals surface area contributed by atoms with Crippen LogP contribution in [-0.4, -0.2) is 70.3 Å². The number of fused-ring (bicyclic) bond motifs is 1. The number of anilines is 1. The Morgan fingerprint density at radius 1 is 1.36 bits per heavy atom. The van der Waals surface area contributed by atoms with Crippen LogP contribution in [0, 0.1) is 0 Å². The first-order valence-electron chi connectivity index (χ1n) is 7.20. The maximum absolute atomic E-state index is 10.8. The molecule has 4 N–H and O–H groups in total. The second-order valence-electron chi connectivity index (χ2n) is 5.26. The average molecular weight is 305 g/mol. The van der Waals surface area contributed by atoms with Crippen LogP contribution in [0.1, 0.15) is 0 Å². The topological polar surface area (TPSA) is 108 Å². The molecule has 1 fully saturated rings. The Bertz CT molecular complexity index is 664. The number of carbonyl (C=O) groups is 1. The highest BCUT2D eigenvalue weighted by molar-refractivity contribution is 5.78. The van der Waals surface area contributed by atoms with E-state index in [1.54, 1.807) is 0 Å². The summed E-state index contributed by atoms with van der Waals surface area (Å²) in [7, 11) is 0. The van der Waals surface area contributed by atoms with E-state index in [0.717, 1.165) is 36.4 Å². The van der Waals surface area contributed by atoms with Gasteiger partial charge in [-0.1, -0.05) is 0 Å². The summed E-state index contributed by atoms with van der Waals surface area (Å²) < 4.78 is 5.74. The minimum absolute atomic E-state index is 0.392. The number of rotatable bonds is 4. The molecule has 1 aromatic carbocycles. The number of nitrogens with zero attached hydrogens (tertiary/aromatic N) is 3. The number of hydrogen-bond acceptors (Lipinski definition) is 5. The van der Waals surface area contributed by atoms with E-state index in [9.17, 15) is 4.79 Å². The van der Waals surface area contributed by atoms with Gasteiger partial charge < -0.3 is 25.5 Å². The second kappa shape index (κ2) is 6.10. The number of aromatic nitrogens is 2. The van der Waals surface area contributed by atoms with Crippen molar-refractivity contribution in [2.24, 2.45) is 0 Å². The van der Waals surface area contributed by atoms with Gasteiger partial charge in [-0.2, -0.15) is 0 Å². The van der Waals surface area contributed by atoms with Crippen molar-refractivity contribution in [2.45, 2.75) is 0 Å². The number of carboxylic acid groups (broad SMARTS) is 1. The fourth-order valence-electron chi connectivity index (χ4n) is 2.55. The molecule has 118 valence electrons. The number of aromatic amines is 1. The largest absolute Gasteiger partial charge is 0.492 e. The van der Waals surface area contributed by atoms with Gasteiger partial charge in [0.1, 0.15) is 12.4 Å². The number of nitrogen functional groups attached to an aromatic ring is 1. The fraction of sp³-hybridized carbons (Fsp3) is 0.429. The van der Waals surface area contributed by atoms with Gasteiger partial charge in [-0.05, 0) is 12.1 Å². The highest BCUT2D eigenvalue weighted by atomic mass is 16.5. The molecule has 1 amide bonds. The van der Waals surface area contributed by atoms with E-state index in [2.05, 4.69) is 14.9 Å². The third kappa shape index (κ3) is 3.22. The first-order valence-corrected chi connectivity index (χ1v) is 7.20. The highest BCUT2D eigenvalue weighted by Crippen LogP contribution is 2.19. The van der Waals surface area contributed by atoms with Gasteiger partial charge in [0.2, 0.25) is 0 Å². The molecule has 0 bridgehead atoms. The van der Waals surface area contributed by atoms with Crippen LogP contribution in [0.3, 0.4) is 0 Å². The van der Waals surface area contributed by atoms with E-state index in [1.807, 2.05) is 18.2 Å². The minimum Gasteiger partial charge on any atom is -0.492 e. The molecule has 3 rings (SSSR count). The molecule has 0 atom stereocenters. The van der Waals surface area contributed by atoms with Gasteiger partial charge in [0, 0.05) is 38.8 Å². The van der Waals surface area contributed by atoms with Crippen molar-refractivity contribution < 1.29 is 14.6 Å². The van der Waals surface area contributed by atoms with Crippen LogP contribution in [-0.2, 0) is 0 Å². The zero-order valence-electron chi connectivity index (χ0n) is 12.2. The third-order valence-corrected chi connectivity index (χ3v) is 3.79. The fourth-order valence-corrected chi connectivity index (χ4v) is 2.55. The molecule has 1 saturated heterocycles. The van der Waals surface area contributed by atoms with Crippen molar-refractivity contribution in [2.75, 3.05) is 45.1 Å². The van der Waals surface area contributed by atoms with Crippen LogP contribution in [0.15, 0.2) is 18.2 Å². The van der Waals surface area contributed by atoms with E-state index in [4.69, 9.17) is 15.6 Å². The number of hydrogen-bond donors (Lipinski definition) is 3. The van der Waals surface area contributed by atoms with E-state index >= 15 is 0 Å². The van der Waals surface area contributed by atoms with Crippen molar-refractivity contribution in [1.29, 1.82) is 0 Å². The molecule has 8 heteroatoms. The number of benzene rings is 1. The van der Waals surface area contributed by atoms with E-state index in [-0.39, 0.29) is 0 Å². The van der Waals surface area contributed by atoms with Gasteiger partial charge in [0.05, 0.1) is 11.0 Å². The number of piperazine rings is 1. The molecule has 0 aliphatic carbocycles. The summed E-state index contributed by atoms with van der Waals surface area (Å²) in [5.74, 6) is 1.16. The molecule has 22 heavy (non-hydrogen) atoms. The summed E-state index contributed by atoms with van der Waals surface area (Å²) in [6, 6.07) is 5.61. The standard InChI is InChI=1S/C14H19N5O3/c15-13-16-11-2-1-10(9-12(11)17-13)22-8-7-18-3-5-19(6-4-18)14(20)21/h1-2,9H,3-8H2,(H,20,21)(H3,15,16,17). The Morgan fingerprint density at radius 3 is 2.86 bits per heavy atom. The number of nitrogens with one attached hydrogen (secondary N) is 1. The number of H-pyrrole nitrogens is 1. The van der Waals surface area contributed by atoms with Crippen molar-refractivity contribution in [3.63, 3.8) is 0 Å². The Hall–Kier alpha value is -2.48. The lowest BCUT2D eigenvalue weighted by atomic mass is 10.3. The lowest BCUT2D eigenvalue weighted by Crippen LogP contribution is -2.49. The Morgan fingerprint density at radius 2 is 2.14 bits per heavy atom. The lowest BCUT2D eigenvalue weighted by molar-refractivity contribution is 0.0985. The van der Waals surface area contributed by atoms with Gasteiger partial charge >= 0.3 is 6.09 Å². The zero-order chi connectivity index (χ0) is 15.5. The lowest BCUT2D eigenvalue weighted by Gasteiger charge is -2.32. The van der Waals surface area contributed by atoms with E-state index < -0.39 is 6.09 Å². The van der Waals surface area contributed by atoms with Gasteiger partial charge in [0.25, 0.3) is 0 Å². The molecule has 0 spiro atoms. The molecule has 0 unspecified atom stereocenters. The maximum Gasteiger partial charge on any atom is 0.407 e. The van der Waals surface area contributed by atoms with Gasteiger partial charge in [-0.3, -0.25) is 4.90 Å². The van der Waals surface area contributed by atoms with Gasteiger partial charge in [-0.25, -0.2) is 9.78 Å². The normalized spacial score (nSPS) is 16.1. The molecular formula is C14H19N5O3. The van der Waals surface area contributed by atoms with E-state index in [0.29, 0.717) is 25.6 Å². The maximum atomic E-state index is 10.8. The molecule has 0 radical (unpaired) electrons. The molecule has 1 aliphatic heterocycles. The summed E-state index contributed by atoms with van der Waals surface area (Å²) in [5.41, 5.74) is 7.28. The van der Waals surface area contributed by atoms with Crippen LogP contribution < -0.4 is 10.5 Å². The molecular weight excluding hydrogens is 286 g/mol. The van der Waals surface area contributed by atoms with E-state index in [1.165, 1.54) is 4.90 Å². The quantitative estimate of drug-likeness (QED) is 0.772. The van der Waals surface area contributed by atoms with Crippen molar-refractivity contribution in [3.05, 3.63) is 18.2 Å². The predicted molar refractivity (Wildman–Crippen MR) is 82.0 cm³/mol. The molecule has 8 nitrogen and oxygen atoms in total. The zero-order valence-corrected chi connectivity index (χ0v) is 12.2. The predicted octanol–water partition coefficient (Wildman–Crippen LogP) is 0.819. The first-order chi connectivity index (χ1) is 10.6. The smallest absolute Gasteiger partial charge is 0.407 e. The molecule has 1 aromatic heterocycles.